The third-order valence-corrected chi connectivity index (χ3v) is 3.52. The highest BCUT2D eigenvalue weighted by molar-refractivity contribution is 6.31. The van der Waals surface area contributed by atoms with E-state index in [0.29, 0.717) is 23.1 Å². The van der Waals surface area contributed by atoms with Gasteiger partial charge in [-0.3, -0.25) is 0 Å². The average molecular weight is 290 g/mol. The Bertz CT molecular complexity index is 795. The zero-order chi connectivity index (χ0) is 14.3. The van der Waals surface area contributed by atoms with E-state index in [-0.39, 0.29) is 5.82 Å². The number of hydrogen-bond acceptors (Lipinski definition) is 2. The highest BCUT2D eigenvalue weighted by Crippen LogP contribution is 2.31. The van der Waals surface area contributed by atoms with Crippen LogP contribution in [0.4, 0.5) is 10.1 Å². The normalized spacial score (nSPS) is 11.2. The molecule has 0 fully saturated rings. The van der Waals surface area contributed by atoms with Crippen LogP contribution in [-0.4, -0.2) is 9.55 Å². The van der Waals surface area contributed by atoms with Gasteiger partial charge in [-0.15, -0.1) is 0 Å². The van der Waals surface area contributed by atoms with Gasteiger partial charge in [0.2, 0.25) is 0 Å². The zero-order valence-electron chi connectivity index (χ0n) is 10.9. The van der Waals surface area contributed by atoms with Crippen molar-refractivity contribution in [3.05, 3.63) is 47.2 Å². The Hall–Kier alpha value is -2.07. The number of imidazole rings is 1. The standard InChI is InChI=1S/C15H13ClFN3/c1-2-20-14-8-10(17)4-6-13(14)19-15(20)11-7-9(16)3-5-12(11)18/h3-8H,2,18H2,1H3. The summed E-state index contributed by atoms with van der Waals surface area (Å²) >= 11 is 6.03. The Balaban J connectivity index is 2.33. The molecule has 0 saturated carbocycles. The zero-order valence-corrected chi connectivity index (χ0v) is 11.7. The number of hydrogen-bond donors (Lipinski definition) is 1. The number of aryl methyl sites for hydroxylation is 1. The van der Waals surface area contributed by atoms with Crippen LogP contribution < -0.4 is 5.73 Å². The Kier molecular flexibility index (Phi) is 3.10. The summed E-state index contributed by atoms with van der Waals surface area (Å²) in [7, 11) is 0. The molecule has 0 aliphatic carbocycles. The fraction of sp³-hybridized carbons (Fsp3) is 0.133. The molecule has 0 aliphatic heterocycles. The maximum atomic E-state index is 13.4. The minimum absolute atomic E-state index is 0.280. The van der Waals surface area contributed by atoms with E-state index in [4.69, 9.17) is 17.3 Å². The van der Waals surface area contributed by atoms with Crippen LogP contribution in [0, 0.1) is 5.82 Å². The van der Waals surface area contributed by atoms with Crippen molar-refractivity contribution in [2.75, 3.05) is 5.73 Å². The molecule has 0 unspecified atom stereocenters. The van der Waals surface area contributed by atoms with Crippen LogP contribution in [0.15, 0.2) is 36.4 Å². The molecule has 0 saturated heterocycles. The molecule has 0 aliphatic rings. The summed E-state index contributed by atoms with van der Waals surface area (Å²) in [6.07, 6.45) is 0. The van der Waals surface area contributed by atoms with Gasteiger partial charge in [0.25, 0.3) is 0 Å². The van der Waals surface area contributed by atoms with Crippen LogP contribution >= 0.6 is 11.6 Å². The lowest BCUT2D eigenvalue weighted by atomic mass is 10.1. The van der Waals surface area contributed by atoms with E-state index >= 15 is 0 Å². The minimum Gasteiger partial charge on any atom is -0.398 e. The maximum absolute atomic E-state index is 13.4. The van der Waals surface area contributed by atoms with Gasteiger partial charge in [-0.05, 0) is 43.3 Å². The van der Waals surface area contributed by atoms with Gasteiger partial charge >= 0.3 is 0 Å². The van der Waals surface area contributed by atoms with E-state index in [9.17, 15) is 4.39 Å². The number of aromatic nitrogens is 2. The maximum Gasteiger partial charge on any atom is 0.143 e. The smallest absolute Gasteiger partial charge is 0.143 e. The fourth-order valence-electron chi connectivity index (χ4n) is 2.34. The first-order valence-electron chi connectivity index (χ1n) is 6.31. The van der Waals surface area contributed by atoms with Crippen molar-refractivity contribution < 1.29 is 4.39 Å². The molecule has 3 aromatic rings. The minimum atomic E-state index is -0.280. The largest absolute Gasteiger partial charge is 0.398 e. The summed E-state index contributed by atoms with van der Waals surface area (Å²) in [4.78, 5) is 4.55. The van der Waals surface area contributed by atoms with Crippen molar-refractivity contribution in [1.29, 1.82) is 0 Å². The molecule has 1 heterocycles. The van der Waals surface area contributed by atoms with Crippen molar-refractivity contribution in [2.45, 2.75) is 13.5 Å². The van der Waals surface area contributed by atoms with E-state index < -0.39 is 0 Å². The second-order valence-electron chi connectivity index (χ2n) is 4.54. The van der Waals surface area contributed by atoms with Crippen LogP contribution in [0.2, 0.25) is 5.02 Å². The second-order valence-corrected chi connectivity index (χ2v) is 4.98. The van der Waals surface area contributed by atoms with Crippen molar-refractivity contribution in [3.8, 4) is 11.4 Å². The highest BCUT2D eigenvalue weighted by Gasteiger charge is 2.14. The third-order valence-electron chi connectivity index (χ3n) is 3.28. The second kappa shape index (κ2) is 4.80. The van der Waals surface area contributed by atoms with Gasteiger partial charge in [0.15, 0.2) is 0 Å². The molecule has 2 N–H and O–H groups in total. The molecule has 0 atom stereocenters. The molecule has 5 heteroatoms. The Morgan fingerprint density at radius 1 is 1.25 bits per heavy atom. The lowest BCUT2D eigenvalue weighted by Gasteiger charge is -2.09. The van der Waals surface area contributed by atoms with Gasteiger partial charge < -0.3 is 10.3 Å². The van der Waals surface area contributed by atoms with Gasteiger partial charge in [-0.2, -0.15) is 0 Å². The Morgan fingerprint density at radius 3 is 2.80 bits per heavy atom. The summed E-state index contributed by atoms with van der Waals surface area (Å²) < 4.78 is 15.4. The average Bonchev–Trinajstić information content (AvgIpc) is 2.79. The molecule has 3 nitrogen and oxygen atoms in total. The van der Waals surface area contributed by atoms with E-state index in [1.54, 1.807) is 24.3 Å². The molecule has 102 valence electrons. The molecule has 0 bridgehead atoms. The number of nitrogens with two attached hydrogens (primary N) is 1. The fourth-order valence-corrected chi connectivity index (χ4v) is 2.52. The summed E-state index contributed by atoms with van der Waals surface area (Å²) in [5.74, 6) is 0.422. The number of anilines is 1. The first kappa shape index (κ1) is 12.9. The molecule has 0 amide bonds. The van der Waals surface area contributed by atoms with E-state index in [1.807, 2.05) is 11.5 Å². The summed E-state index contributed by atoms with van der Waals surface area (Å²) in [6, 6.07) is 9.81. The van der Waals surface area contributed by atoms with Gasteiger partial charge in [-0.25, -0.2) is 9.37 Å². The molecule has 1 aromatic heterocycles. The highest BCUT2D eigenvalue weighted by atomic mass is 35.5. The van der Waals surface area contributed by atoms with Crippen LogP contribution in [-0.2, 0) is 6.54 Å². The number of nitrogen functional groups attached to an aromatic ring is 1. The Morgan fingerprint density at radius 2 is 2.05 bits per heavy atom. The van der Waals surface area contributed by atoms with E-state index in [0.717, 1.165) is 16.6 Å². The molecule has 0 spiro atoms. The van der Waals surface area contributed by atoms with Crippen LogP contribution in [0.5, 0.6) is 0 Å². The van der Waals surface area contributed by atoms with Crippen molar-refractivity contribution in [2.24, 2.45) is 0 Å². The van der Waals surface area contributed by atoms with Gasteiger partial charge in [-0.1, -0.05) is 11.6 Å². The lowest BCUT2D eigenvalue weighted by Crippen LogP contribution is -2.00. The topological polar surface area (TPSA) is 43.8 Å². The summed E-state index contributed by atoms with van der Waals surface area (Å²) in [5.41, 5.74) is 8.86. The number of halogens is 2. The summed E-state index contributed by atoms with van der Waals surface area (Å²) in [5, 5.41) is 0.593. The first-order chi connectivity index (χ1) is 9.60. The van der Waals surface area contributed by atoms with Crippen molar-refractivity contribution in [3.63, 3.8) is 0 Å². The van der Waals surface area contributed by atoms with Crippen LogP contribution in [0.25, 0.3) is 22.4 Å². The van der Waals surface area contributed by atoms with Gasteiger partial charge in [0.1, 0.15) is 11.6 Å². The monoisotopic (exact) mass is 289 g/mol. The number of nitrogens with zero attached hydrogens (tertiary/aromatic N) is 2. The third kappa shape index (κ3) is 2.02. The van der Waals surface area contributed by atoms with Gasteiger partial charge in [0.05, 0.1) is 11.0 Å². The molecule has 20 heavy (non-hydrogen) atoms. The number of rotatable bonds is 2. The van der Waals surface area contributed by atoms with Crippen LogP contribution in [0.3, 0.4) is 0 Å². The Labute approximate surface area is 120 Å². The predicted octanol–water partition coefficient (Wildman–Crippen LogP) is 4.10. The SMILES string of the molecule is CCn1c(-c2cc(Cl)ccc2N)nc2ccc(F)cc21. The molecule has 0 radical (unpaired) electrons. The van der Waals surface area contributed by atoms with E-state index in [1.165, 1.54) is 12.1 Å². The molecule has 2 aromatic carbocycles. The number of benzene rings is 2. The van der Waals surface area contributed by atoms with Crippen molar-refractivity contribution >= 4 is 28.3 Å². The predicted molar refractivity (Wildman–Crippen MR) is 80.2 cm³/mol. The van der Waals surface area contributed by atoms with Crippen molar-refractivity contribution in [1.82, 2.24) is 9.55 Å². The van der Waals surface area contributed by atoms with Gasteiger partial charge in [0, 0.05) is 22.8 Å². The lowest BCUT2D eigenvalue weighted by molar-refractivity contribution is 0.628. The first-order valence-corrected chi connectivity index (χ1v) is 6.69. The molecular weight excluding hydrogens is 277 g/mol. The van der Waals surface area contributed by atoms with E-state index in [2.05, 4.69) is 4.98 Å². The molecular formula is C15H13ClFN3. The summed E-state index contributed by atoms with van der Waals surface area (Å²) in [6.45, 7) is 2.65. The quantitative estimate of drug-likeness (QED) is 0.722. The molecule has 3 rings (SSSR count). The van der Waals surface area contributed by atoms with Crippen LogP contribution in [0.1, 0.15) is 6.92 Å². The number of fused-ring (bicyclic) bond motifs is 1.